The summed E-state index contributed by atoms with van der Waals surface area (Å²) in [5.74, 6) is -0.497. The Labute approximate surface area is 156 Å². The minimum atomic E-state index is -4.35. The summed E-state index contributed by atoms with van der Waals surface area (Å²) in [6.45, 7) is 0.377. The number of carbonyl (C=O) groups is 2. The van der Waals surface area contributed by atoms with Gasteiger partial charge in [-0.05, 0) is 19.8 Å². The molecule has 26 heavy (non-hydrogen) atoms. The molecule has 0 radical (unpaired) electrons. The largest absolute Gasteiger partial charge is 0.405 e. The number of aromatic nitrogens is 2. The van der Waals surface area contributed by atoms with Crippen LogP contribution >= 0.6 is 23.1 Å². The van der Waals surface area contributed by atoms with E-state index in [4.69, 9.17) is 0 Å². The topological polar surface area (TPSA) is 96.0 Å². The summed E-state index contributed by atoms with van der Waals surface area (Å²) in [6, 6.07) is -0.441. The SMILES string of the molecule is CC(Sc1nnc(NCC(F)(F)F)s1)C(=O)NC(=O)NC1CCCCC1. The van der Waals surface area contributed by atoms with E-state index < -0.39 is 29.9 Å². The number of nitrogens with zero attached hydrogens (tertiary/aromatic N) is 2. The number of alkyl halides is 3. The third-order valence-electron chi connectivity index (χ3n) is 3.67. The molecule has 146 valence electrons. The van der Waals surface area contributed by atoms with Crippen LogP contribution in [0.2, 0.25) is 0 Å². The molecule has 1 atom stereocenters. The van der Waals surface area contributed by atoms with Gasteiger partial charge >= 0.3 is 12.2 Å². The second-order valence-corrected chi connectivity index (χ2v) is 8.47. The summed E-state index contributed by atoms with van der Waals surface area (Å²) in [6.07, 6.45) is 0.751. The van der Waals surface area contributed by atoms with Crippen LogP contribution < -0.4 is 16.0 Å². The number of nitrogens with one attached hydrogen (secondary N) is 3. The van der Waals surface area contributed by atoms with E-state index in [9.17, 15) is 22.8 Å². The van der Waals surface area contributed by atoms with Gasteiger partial charge in [0.05, 0.1) is 5.25 Å². The van der Waals surface area contributed by atoms with E-state index >= 15 is 0 Å². The second-order valence-electron chi connectivity index (χ2n) is 5.90. The molecule has 12 heteroatoms. The van der Waals surface area contributed by atoms with Crippen LogP contribution in [0.4, 0.5) is 23.1 Å². The van der Waals surface area contributed by atoms with Gasteiger partial charge in [0.1, 0.15) is 6.54 Å². The van der Waals surface area contributed by atoms with E-state index in [0.29, 0.717) is 4.34 Å². The molecule has 1 saturated carbocycles. The molecule has 1 aliphatic carbocycles. The number of amides is 3. The van der Waals surface area contributed by atoms with Crippen LogP contribution in [-0.2, 0) is 4.79 Å². The maximum absolute atomic E-state index is 12.2. The number of urea groups is 1. The number of hydrogen-bond acceptors (Lipinski definition) is 7. The van der Waals surface area contributed by atoms with Crippen molar-refractivity contribution in [2.24, 2.45) is 0 Å². The molecule has 0 aromatic carbocycles. The van der Waals surface area contributed by atoms with Gasteiger partial charge in [0.25, 0.3) is 0 Å². The molecule has 1 aliphatic rings. The number of anilines is 1. The molecule has 3 amide bonds. The van der Waals surface area contributed by atoms with E-state index in [1.807, 2.05) is 0 Å². The summed E-state index contributed by atoms with van der Waals surface area (Å²) in [5, 5.41) is 13.9. The number of carbonyl (C=O) groups excluding carboxylic acids is 2. The van der Waals surface area contributed by atoms with Crippen molar-refractivity contribution in [1.29, 1.82) is 0 Å². The van der Waals surface area contributed by atoms with Crippen molar-refractivity contribution in [3.63, 3.8) is 0 Å². The van der Waals surface area contributed by atoms with Gasteiger partial charge in [0, 0.05) is 6.04 Å². The van der Waals surface area contributed by atoms with Crippen LogP contribution in [0, 0.1) is 0 Å². The Kier molecular flexibility index (Phi) is 7.50. The molecule has 0 aliphatic heterocycles. The maximum Gasteiger partial charge on any atom is 0.405 e. The van der Waals surface area contributed by atoms with Gasteiger partial charge in [0.15, 0.2) is 4.34 Å². The highest BCUT2D eigenvalue weighted by atomic mass is 32.2. The van der Waals surface area contributed by atoms with Crippen molar-refractivity contribution in [1.82, 2.24) is 20.8 Å². The van der Waals surface area contributed by atoms with Crippen LogP contribution in [0.1, 0.15) is 39.0 Å². The van der Waals surface area contributed by atoms with Gasteiger partial charge in [-0.1, -0.05) is 42.4 Å². The van der Waals surface area contributed by atoms with E-state index in [1.165, 1.54) is 0 Å². The lowest BCUT2D eigenvalue weighted by Gasteiger charge is -2.22. The predicted octanol–water partition coefficient (Wildman–Crippen LogP) is 3.15. The van der Waals surface area contributed by atoms with E-state index in [1.54, 1.807) is 6.92 Å². The molecule has 1 unspecified atom stereocenters. The zero-order chi connectivity index (χ0) is 19.2. The quantitative estimate of drug-likeness (QED) is 0.623. The molecule has 7 nitrogen and oxygen atoms in total. The molecule has 3 N–H and O–H groups in total. The van der Waals surface area contributed by atoms with Gasteiger partial charge in [0.2, 0.25) is 11.0 Å². The number of rotatable bonds is 6. The lowest BCUT2D eigenvalue weighted by Crippen LogP contribution is -2.47. The van der Waals surface area contributed by atoms with E-state index in [2.05, 4.69) is 26.1 Å². The van der Waals surface area contributed by atoms with Crippen molar-refractivity contribution in [2.75, 3.05) is 11.9 Å². The molecule has 2 rings (SSSR count). The van der Waals surface area contributed by atoms with Crippen LogP contribution in [0.5, 0.6) is 0 Å². The van der Waals surface area contributed by atoms with Crippen LogP contribution in [0.3, 0.4) is 0 Å². The van der Waals surface area contributed by atoms with Crippen molar-refractivity contribution in [3.05, 3.63) is 0 Å². The maximum atomic E-state index is 12.2. The van der Waals surface area contributed by atoms with Crippen LogP contribution in [-0.4, -0.2) is 46.1 Å². The van der Waals surface area contributed by atoms with Crippen LogP contribution in [0.15, 0.2) is 4.34 Å². The van der Waals surface area contributed by atoms with Gasteiger partial charge in [-0.25, -0.2) is 4.79 Å². The van der Waals surface area contributed by atoms with Crippen molar-refractivity contribution in [3.8, 4) is 0 Å². The molecule has 1 fully saturated rings. The molecule has 1 aromatic heterocycles. The Morgan fingerprint density at radius 2 is 1.96 bits per heavy atom. The fraction of sp³-hybridized carbons (Fsp3) is 0.714. The van der Waals surface area contributed by atoms with Crippen LogP contribution in [0.25, 0.3) is 0 Å². The summed E-state index contributed by atoms with van der Waals surface area (Å²) < 4.78 is 36.8. The number of thioether (sulfide) groups is 1. The zero-order valence-corrected chi connectivity index (χ0v) is 15.7. The van der Waals surface area contributed by atoms with Gasteiger partial charge < -0.3 is 10.6 Å². The van der Waals surface area contributed by atoms with Gasteiger partial charge in [-0.3, -0.25) is 10.1 Å². The molecule has 1 aromatic rings. The third-order valence-corrected chi connectivity index (χ3v) is 5.74. The van der Waals surface area contributed by atoms with Crippen molar-refractivity contribution >= 4 is 40.2 Å². The standard InChI is InChI=1S/C14H20F3N5O2S2/c1-8(10(23)20-11(24)19-9-5-3-2-4-6-9)25-13-22-21-12(26-13)18-7-14(15,16)17/h8-9H,2-7H2,1H3,(H,18,21)(H2,19,20,23,24). The first kappa shape index (κ1) is 20.7. The van der Waals surface area contributed by atoms with E-state index in [-0.39, 0.29) is 11.2 Å². The minimum absolute atomic E-state index is 0.0208. The highest BCUT2D eigenvalue weighted by Crippen LogP contribution is 2.29. The Bertz CT molecular complexity index is 620. The summed E-state index contributed by atoms with van der Waals surface area (Å²) >= 11 is 1.94. The molecular weight excluding hydrogens is 391 g/mol. The number of hydrogen-bond donors (Lipinski definition) is 3. The monoisotopic (exact) mass is 411 g/mol. The molecule has 0 spiro atoms. The lowest BCUT2D eigenvalue weighted by molar-refractivity contribution is -0.119. The highest BCUT2D eigenvalue weighted by molar-refractivity contribution is 8.02. The highest BCUT2D eigenvalue weighted by Gasteiger charge is 2.27. The van der Waals surface area contributed by atoms with Crippen molar-refractivity contribution < 1.29 is 22.8 Å². The fourth-order valence-electron chi connectivity index (χ4n) is 2.39. The first-order chi connectivity index (χ1) is 12.2. The third kappa shape index (κ3) is 7.36. The van der Waals surface area contributed by atoms with Gasteiger partial charge in [-0.15, -0.1) is 10.2 Å². The minimum Gasteiger partial charge on any atom is -0.351 e. The average Bonchev–Trinajstić information content (AvgIpc) is 3.00. The molecular formula is C14H20F3N5O2S2. The fourth-order valence-corrected chi connectivity index (χ4v) is 4.28. The Morgan fingerprint density at radius 1 is 1.27 bits per heavy atom. The van der Waals surface area contributed by atoms with Gasteiger partial charge in [-0.2, -0.15) is 13.2 Å². The average molecular weight is 411 g/mol. The van der Waals surface area contributed by atoms with E-state index in [0.717, 1.165) is 55.2 Å². The smallest absolute Gasteiger partial charge is 0.351 e. The molecule has 0 saturated heterocycles. The predicted molar refractivity (Wildman–Crippen MR) is 93.3 cm³/mol. The summed E-state index contributed by atoms with van der Waals surface area (Å²) in [5.41, 5.74) is 0. The summed E-state index contributed by atoms with van der Waals surface area (Å²) in [4.78, 5) is 23.9. The Morgan fingerprint density at radius 3 is 2.62 bits per heavy atom. The summed E-state index contributed by atoms with van der Waals surface area (Å²) in [7, 11) is 0. The van der Waals surface area contributed by atoms with Crippen molar-refractivity contribution in [2.45, 2.75) is 60.8 Å². The Balaban J connectivity index is 1.75. The second kappa shape index (κ2) is 9.40. The first-order valence-corrected chi connectivity index (χ1v) is 9.84. The lowest BCUT2D eigenvalue weighted by atomic mass is 9.96. The molecule has 1 heterocycles. The normalized spacial score (nSPS) is 16.8. The number of imide groups is 1. The zero-order valence-electron chi connectivity index (χ0n) is 14.1. The number of halogens is 3. The Hall–Kier alpha value is -1.56. The first-order valence-electron chi connectivity index (χ1n) is 8.15. The molecule has 0 bridgehead atoms.